The molecule has 1 aromatic rings. The summed E-state index contributed by atoms with van der Waals surface area (Å²) >= 11 is 0. The maximum atomic E-state index is 12.0. The number of ketones is 2. The number of Topliss-reactive ketones (excluding diaryl/α,β-unsaturated/α-hetero) is 2. The standard InChI is InChI=1S/C12H18N2O4/c1-5-9-8(7-14(2)13-9)10(15)6-11(16)12(17-3)18-4/h7,12H,5-6H2,1-4H3. The van der Waals surface area contributed by atoms with E-state index in [1.54, 1.807) is 17.9 Å². The van der Waals surface area contributed by atoms with Gasteiger partial charge in [0.2, 0.25) is 6.29 Å². The Morgan fingerprint density at radius 2 is 2.00 bits per heavy atom. The molecular weight excluding hydrogens is 236 g/mol. The summed E-state index contributed by atoms with van der Waals surface area (Å²) < 4.78 is 11.2. The van der Waals surface area contributed by atoms with Crippen molar-refractivity contribution < 1.29 is 19.1 Å². The van der Waals surface area contributed by atoms with Gasteiger partial charge in [-0.3, -0.25) is 14.3 Å². The highest BCUT2D eigenvalue weighted by Gasteiger charge is 2.23. The normalized spacial score (nSPS) is 10.9. The topological polar surface area (TPSA) is 70.4 Å². The third kappa shape index (κ3) is 3.24. The molecule has 0 amide bonds. The lowest BCUT2D eigenvalue weighted by Gasteiger charge is -2.10. The van der Waals surface area contributed by atoms with E-state index in [-0.39, 0.29) is 12.2 Å². The first kappa shape index (κ1) is 14.5. The number of hydrogen-bond donors (Lipinski definition) is 0. The van der Waals surface area contributed by atoms with E-state index in [1.807, 2.05) is 6.92 Å². The number of aryl methyl sites for hydroxylation is 2. The lowest BCUT2D eigenvalue weighted by Crippen LogP contribution is -2.27. The minimum absolute atomic E-state index is 0.245. The first-order valence-electron chi connectivity index (χ1n) is 5.67. The summed E-state index contributed by atoms with van der Waals surface area (Å²) in [5.41, 5.74) is 1.18. The van der Waals surface area contributed by atoms with Crippen LogP contribution in [0.25, 0.3) is 0 Å². The number of nitrogens with zero attached hydrogens (tertiary/aromatic N) is 2. The lowest BCUT2D eigenvalue weighted by atomic mass is 10.1. The van der Waals surface area contributed by atoms with Crippen molar-refractivity contribution in [1.82, 2.24) is 9.78 Å². The highest BCUT2D eigenvalue weighted by molar-refractivity contribution is 6.09. The minimum Gasteiger partial charge on any atom is -0.349 e. The van der Waals surface area contributed by atoms with Gasteiger partial charge in [-0.05, 0) is 6.42 Å². The molecule has 1 aromatic heterocycles. The van der Waals surface area contributed by atoms with Gasteiger partial charge in [0.05, 0.1) is 17.7 Å². The first-order valence-corrected chi connectivity index (χ1v) is 5.67. The molecule has 0 saturated carbocycles. The summed E-state index contributed by atoms with van der Waals surface area (Å²) in [6.45, 7) is 1.91. The number of methoxy groups -OCH3 is 2. The Balaban J connectivity index is 2.79. The molecule has 0 aromatic carbocycles. The van der Waals surface area contributed by atoms with Crippen LogP contribution in [-0.4, -0.2) is 41.9 Å². The van der Waals surface area contributed by atoms with E-state index >= 15 is 0 Å². The molecule has 0 aliphatic rings. The number of rotatable bonds is 7. The third-order valence-corrected chi connectivity index (χ3v) is 2.57. The molecule has 100 valence electrons. The largest absolute Gasteiger partial charge is 0.349 e. The molecule has 0 aliphatic heterocycles. The Hall–Kier alpha value is -1.53. The molecular formula is C12H18N2O4. The van der Waals surface area contributed by atoms with Crippen LogP contribution in [0, 0.1) is 0 Å². The van der Waals surface area contributed by atoms with Crippen molar-refractivity contribution in [1.29, 1.82) is 0 Å². The zero-order valence-electron chi connectivity index (χ0n) is 11.1. The zero-order valence-corrected chi connectivity index (χ0v) is 11.1. The second kappa shape index (κ2) is 6.42. The van der Waals surface area contributed by atoms with Crippen molar-refractivity contribution in [2.45, 2.75) is 26.1 Å². The summed E-state index contributed by atoms with van der Waals surface area (Å²) in [6.07, 6.45) is 1.04. The summed E-state index contributed by atoms with van der Waals surface area (Å²) in [4.78, 5) is 23.7. The zero-order chi connectivity index (χ0) is 13.7. The smallest absolute Gasteiger partial charge is 0.217 e. The second-order valence-electron chi connectivity index (χ2n) is 3.89. The first-order chi connectivity index (χ1) is 8.53. The Labute approximate surface area is 106 Å². The van der Waals surface area contributed by atoms with Crippen LogP contribution in [0.3, 0.4) is 0 Å². The third-order valence-electron chi connectivity index (χ3n) is 2.57. The second-order valence-corrected chi connectivity index (χ2v) is 3.89. The van der Waals surface area contributed by atoms with E-state index in [1.165, 1.54) is 14.2 Å². The molecule has 1 heterocycles. The van der Waals surface area contributed by atoms with Crippen LogP contribution in [0.15, 0.2) is 6.20 Å². The predicted octanol–water partition coefficient (Wildman–Crippen LogP) is 0.743. The fourth-order valence-electron chi connectivity index (χ4n) is 1.72. The highest BCUT2D eigenvalue weighted by Crippen LogP contribution is 2.11. The predicted molar refractivity (Wildman–Crippen MR) is 64.3 cm³/mol. The number of carbonyl (C=O) groups excluding carboxylic acids is 2. The Morgan fingerprint density at radius 1 is 1.39 bits per heavy atom. The molecule has 6 nitrogen and oxygen atoms in total. The van der Waals surface area contributed by atoms with E-state index in [4.69, 9.17) is 9.47 Å². The van der Waals surface area contributed by atoms with Gasteiger partial charge in [0.15, 0.2) is 11.6 Å². The van der Waals surface area contributed by atoms with E-state index in [0.717, 1.165) is 0 Å². The van der Waals surface area contributed by atoms with Crippen LogP contribution in [-0.2, 0) is 27.7 Å². The number of carbonyl (C=O) groups is 2. The van der Waals surface area contributed by atoms with Crippen molar-refractivity contribution in [3.05, 3.63) is 17.5 Å². The minimum atomic E-state index is -0.990. The number of hydrogen-bond acceptors (Lipinski definition) is 5. The van der Waals surface area contributed by atoms with Crippen LogP contribution in [0.2, 0.25) is 0 Å². The maximum absolute atomic E-state index is 12.0. The molecule has 0 saturated heterocycles. The average Bonchev–Trinajstić information content (AvgIpc) is 2.72. The molecule has 0 atom stereocenters. The van der Waals surface area contributed by atoms with E-state index < -0.39 is 12.1 Å². The monoisotopic (exact) mass is 254 g/mol. The SMILES string of the molecule is CCc1nn(C)cc1C(=O)CC(=O)C(OC)OC. The van der Waals surface area contributed by atoms with Crippen LogP contribution in [0.4, 0.5) is 0 Å². The Kier molecular flexibility index (Phi) is 5.18. The van der Waals surface area contributed by atoms with E-state index in [0.29, 0.717) is 17.7 Å². The van der Waals surface area contributed by atoms with Gasteiger partial charge >= 0.3 is 0 Å². The molecule has 0 fully saturated rings. The molecule has 0 aliphatic carbocycles. The fraction of sp³-hybridized carbons (Fsp3) is 0.583. The summed E-state index contributed by atoms with van der Waals surface area (Å²) in [7, 11) is 4.46. The molecule has 6 heteroatoms. The molecule has 18 heavy (non-hydrogen) atoms. The number of ether oxygens (including phenoxy) is 2. The van der Waals surface area contributed by atoms with Gasteiger partial charge in [-0.1, -0.05) is 6.92 Å². The van der Waals surface area contributed by atoms with Gasteiger partial charge in [-0.25, -0.2) is 0 Å². The summed E-state index contributed by atoms with van der Waals surface area (Å²) in [5.74, 6) is -0.653. The van der Waals surface area contributed by atoms with Crippen molar-refractivity contribution in [3.8, 4) is 0 Å². The van der Waals surface area contributed by atoms with Crippen molar-refractivity contribution >= 4 is 11.6 Å². The Bertz CT molecular complexity index is 435. The van der Waals surface area contributed by atoms with Gasteiger partial charge in [0.25, 0.3) is 0 Å². The molecule has 0 spiro atoms. The van der Waals surface area contributed by atoms with Crippen molar-refractivity contribution in [2.75, 3.05) is 14.2 Å². The molecule has 0 bridgehead atoms. The highest BCUT2D eigenvalue weighted by atomic mass is 16.7. The van der Waals surface area contributed by atoms with Gasteiger partial charge in [-0.15, -0.1) is 0 Å². The van der Waals surface area contributed by atoms with Gasteiger partial charge in [0, 0.05) is 27.5 Å². The average molecular weight is 254 g/mol. The van der Waals surface area contributed by atoms with Crippen LogP contribution >= 0.6 is 0 Å². The van der Waals surface area contributed by atoms with Gasteiger partial charge in [-0.2, -0.15) is 5.10 Å². The van der Waals surface area contributed by atoms with Crippen LogP contribution < -0.4 is 0 Å². The van der Waals surface area contributed by atoms with E-state index in [9.17, 15) is 9.59 Å². The van der Waals surface area contributed by atoms with E-state index in [2.05, 4.69) is 5.10 Å². The van der Waals surface area contributed by atoms with Crippen molar-refractivity contribution in [3.63, 3.8) is 0 Å². The van der Waals surface area contributed by atoms with Gasteiger partial charge in [0.1, 0.15) is 0 Å². The Morgan fingerprint density at radius 3 is 2.50 bits per heavy atom. The van der Waals surface area contributed by atoms with Crippen LogP contribution in [0.1, 0.15) is 29.4 Å². The molecule has 0 N–H and O–H groups in total. The molecule has 0 radical (unpaired) electrons. The summed E-state index contributed by atoms with van der Waals surface area (Å²) in [6, 6.07) is 0. The van der Waals surface area contributed by atoms with Crippen molar-refractivity contribution in [2.24, 2.45) is 7.05 Å². The number of aromatic nitrogens is 2. The fourth-order valence-corrected chi connectivity index (χ4v) is 1.72. The molecule has 1 rings (SSSR count). The molecule has 0 unspecified atom stereocenters. The van der Waals surface area contributed by atoms with Crippen LogP contribution in [0.5, 0.6) is 0 Å². The lowest BCUT2D eigenvalue weighted by molar-refractivity contribution is -0.155. The quantitative estimate of drug-likeness (QED) is 0.408. The van der Waals surface area contributed by atoms with Gasteiger partial charge < -0.3 is 9.47 Å². The summed E-state index contributed by atoms with van der Waals surface area (Å²) in [5, 5.41) is 4.16. The maximum Gasteiger partial charge on any atom is 0.217 e.